The van der Waals surface area contributed by atoms with E-state index in [0.29, 0.717) is 18.7 Å². The maximum Gasteiger partial charge on any atom is 0.255 e. The van der Waals surface area contributed by atoms with Gasteiger partial charge in [-0.15, -0.1) is 0 Å². The largest absolute Gasteiger partial charge is 0.507 e. The van der Waals surface area contributed by atoms with Crippen molar-refractivity contribution >= 4 is 5.91 Å². The van der Waals surface area contributed by atoms with E-state index >= 15 is 0 Å². The Labute approximate surface area is 124 Å². The van der Waals surface area contributed by atoms with Crippen LogP contribution in [0.1, 0.15) is 27.0 Å². The highest BCUT2D eigenvalue weighted by Gasteiger charge is 2.10. The van der Waals surface area contributed by atoms with Gasteiger partial charge in [0, 0.05) is 6.54 Å². The van der Waals surface area contributed by atoms with Crippen LogP contribution < -0.4 is 11.1 Å². The minimum Gasteiger partial charge on any atom is -0.507 e. The summed E-state index contributed by atoms with van der Waals surface area (Å²) in [5.74, 6) is -0.274. The zero-order chi connectivity index (χ0) is 15.2. The lowest BCUT2D eigenvalue weighted by molar-refractivity contribution is 0.0948. The Morgan fingerprint density at radius 2 is 1.81 bits per heavy atom. The lowest BCUT2D eigenvalue weighted by atomic mass is 10.1. The Bertz CT molecular complexity index is 621. The van der Waals surface area contributed by atoms with Crippen molar-refractivity contribution in [2.75, 3.05) is 6.54 Å². The Morgan fingerprint density at radius 3 is 2.43 bits per heavy atom. The minimum absolute atomic E-state index is 0.00536. The molecule has 0 aliphatic carbocycles. The number of nitrogens with two attached hydrogens (primary N) is 1. The van der Waals surface area contributed by atoms with Gasteiger partial charge in [-0.2, -0.15) is 0 Å². The van der Waals surface area contributed by atoms with Crippen molar-refractivity contribution in [3.63, 3.8) is 0 Å². The fourth-order valence-electron chi connectivity index (χ4n) is 2.10. The third-order valence-corrected chi connectivity index (χ3v) is 3.31. The molecule has 1 amide bonds. The molecule has 0 aromatic heterocycles. The third-order valence-electron chi connectivity index (χ3n) is 3.31. The van der Waals surface area contributed by atoms with Crippen LogP contribution in [-0.4, -0.2) is 17.6 Å². The summed E-state index contributed by atoms with van der Waals surface area (Å²) in [4.78, 5) is 12.0. The molecule has 0 spiro atoms. The molecule has 2 rings (SSSR count). The van der Waals surface area contributed by atoms with E-state index in [2.05, 4.69) is 5.32 Å². The van der Waals surface area contributed by atoms with Crippen LogP contribution in [0.15, 0.2) is 42.5 Å². The van der Waals surface area contributed by atoms with Gasteiger partial charge in [0.1, 0.15) is 5.75 Å². The van der Waals surface area contributed by atoms with E-state index in [1.165, 1.54) is 5.56 Å². The van der Waals surface area contributed by atoms with E-state index in [-0.39, 0.29) is 11.7 Å². The fraction of sp³-hybridized carbons (Fsp3) is 0.235. The molecule has 0 aliphatic rings. The summed E-state index contributed by atoms with van der Waals surface area (Å²) in [6, 6.07) is 13.0. The van der Waals surface area contributed by atoms with E-state index in [1.807, 2.05) is 31.2 Å². The Hall–Kier alpha value is -2.33. The Morgan fingerprint density at radius 1 is 1.14 bits per heavy atom. The first-order chi connectivity index (χ1) is 10.1. The molecule has 0 fully saturated rings. The molecular formula is C17H20N2O2. The minimum atomic E-state index is -0.279. The van der Waals surface area contributed by atoms with Crippen molar-refractivity contribution in [1.82, 2.24) is 5.32 Å². The number of hydrogen-bond donors (Lipinski definition) is 3. The number of aryl methyl sites for hydroxylation is 1. The molecule has 0 saturated heterocycles. The van der Waals surface area contributed by atoms with Gasteiger partial charge in [-0.1, -0.05) is 30.3 Å². The quantitative estimate of drug-likeness (QED) is 0.787. The summed E-state index contributed by atoms with van der Waals surface area (Å²) in [7, 11) is 0. The molecule has 2 aromatic rings. The van der Waals surface area contributed by atoms with E-state index in [1.54, 1.807) is 18.2 Å². The zero-order valence-electron chi connectivity index (χ0n) is 12.1. The van der Waals surface area contributed by atoms with Crippen LogP contribution in [0.5, 0.6) is 5.75 Å². The first kappa shape index (κ1) is 15.1. The van der Waals surface area contributed by atoms with Crippen molar-refractivity contribution in [2.24, 2.45) is 5.73 Å². The predicted molar refractivity (Wildman–Crippen MR) is 83.2 cm³/mol. The SMILES string of the molecule is Cc1ccc(C(=O)NCc2ccc(CCN)cc2)c(O)c1. The summed E-state index contributed by atoms with van der Waals surface area (Å²) in [6.45, 7) is 2.92. The van der Waals surface area contributed by atoms with Crippen molar-refractivity contribution in [1.29, 1.82) is 0 Å². The molecule has 110 valence electrons. The second-order valence-electron chi connectivity index (χ2n) is 5.06. The van der Waals surface area contributed by atoms with Gasteiger partial charge >= 0.3 is 0 Å². The van der Waals surface area contributed by atoms with Gasteiger partial charge in [-0.25, -0.2) is 0 Å². The molecular weight excluding hydrogens is 264 g/mol. The zero-order valence-corrected chi connectivity index (χ0v) is 12.1. The smallest absolute Gasteiger partial charge is 0.255 e. The molecule has 0 unspecified atom stereocenters. The van der Waals surface area contributed by atoms with Gasteiger partial charge in [0.25, 0.3) is 5.91 Å². The number of nitrogens with one attached hydrogen (secondary N) is 1. The number of amides is 1. The topological polar surface area (TPSA) is 75.4 Å². The molecule has 0 aliphatic heterocycles. The average Bonchev–Trinajstić information content (AvgIpc) is 2.46. The number of rotatable bonds is 5. The van der Waals surface area contributed by atoms with Gasteiger partial charge in [0.2, 0.25) is 0 Å². The molecule has 4 N–H and O–H groups in total. The third kappa shape index (κ3) is 4.07. The lowest BCUT2D eigenvalue weighted by Crippen LogP contribution is -2.22. The number of phenols is 1. The molecule has 0 heterocycles. The standard InChI is InChI=1S/C17H20N2O2/c1-12-2-7-15(16(20)10-12)17(21)19-11-14-5-3-13(4-6-14)8-9-18/h2-7,10,20H,8-9,11,18H2,1H3,(H,19,21). The first-order valence-corrected chi connectivity index (χ1v) is 6.96. The Balaban J connectivity index is 1.97. The number of carbonyl (C=O) groups excluding carboxylic acids is 1. The predicted octanol–water partition coefficient (Wildman–Crippen LogP) is 2.13. The number of hydrogen-bond acceptors (Lipinski definition) is 3. The summed E-state index contributed by atoms with van der Waals surface area (Å²) >= 11 is 0. The molecule has 0 bridgehead atoms. The molecule has 0 radical (unpaired) electrons. The molecule has 0 saturated carbocycles. The summed E-state index contributed by atoms with van der Waals surface area (Å²) in [5.41, 5.74) is 8.91. The van der Waals surface area contributed by atoms with Crippen LogP contribution in [0.3, 0.4) is 0 Å². The van der Waals surface area contributed by atoms with Crippen LogP contribution >= 0.6 is 0 Å². The normalized spacial score (nSPS) is 10.4. The highest BCUT2D eigenvalue weighted by molar-refractivity contribution is 5.96. The van der Waals surface area contributed by atoms with Gasteiger partial charge in [0.15, 0.2) is 0 Å². The van der Waals surface area contributed by atoms with E-state index in [0.717, 1.165) is 17.5 Å². The van der Waals surface area contributed by atoms with Crippen molar-refractivity contribution < 1.29 is 9.90 Å². The molecule has 21 heavy (non-hydrogen) atoms. The highest BCUT2D eigenvalue weighted by Crippen LogP contribution is 2.18. The number of carbonyl (C=O) groups is 1. The maximum absolute atomic E-state index is 12.0. The average molecular weight is 284 g/mol. The molecule has 2 aromatic carbocycles. The monoisotopic (exact) mass is 284 g/mol. The summed E-state index contributed by atoms with van der Waals surface area (Å²) in [5, 5.41) is 12.6. The van der Waals surface area contributed by atoms with Gasteiger partial charge in [0.05, 0.1) is 5.56 Å². The summed E-state index contributed by atoms with van der Waals surface area (Å²) in [6.07, 6.45) is 0.851. The number of benzene rings is 2. The highest BCUT2D eigenvalue weighted by atomic mass is 16.3. The van der Waals surface area contributed by atoms with E-state index < -0.39 is 0 Å². The second kappa shape index (κ2) is 6.90. The van der Waals surface area contributed by atoms with Gasteiger partial charge < -0.3 is 16.2 Å². The maximum atomic E-state index is 12.0. The molecule has 4 nitrogen and oxygen atoms in total. The van der Waals surface area contributed by atoms with Crippen LogP contribution in [0.2, 0.25) is 0 Å². The van der Waals surface area contributed by atoms with Crippen LogP contribution in [0.25, 0.3) is 0 Å². The lowest BCUT2D eigenvalue weighted by Gasteiger charge is -2.08. The second-order valence-corrected chi connectivity index (χ2v) is 5.06. The first-order valence-electron chi connectivity index (χ1n) is 6.96. The molecule has 4 heteroatoms. The van der Waals surface area contributed by atoms with Crippen LogP contribution in [-0.2, 0) is 13.0 Å². The van der Waals surface area contributed by atoms with Crippen LogP contribution in [0, 0.1) is 6.92 Å². The van der Waals surface area contributed by atoms with Crippen molar-refractivity contribution in [3.8, 4) is 5.75 Å². The van der Waals surface area contributed by atoms with E-state index in [4.69, 9.17) is 5.73 Å². The Kier molecular flexibility index (Phi) is 4.95. The number of phenolic OH excluding ortho intramolecular Hbond substituents is 1. The van der Waals surface area contributed by atoms with Crippen LogP contribution in [0.4, 0.5) is 0 Å². The van der Waals surface area contributed by atoms with Crippen molar-refractivity contribution in [2.45, 2.75) is 19.9 Å². The van der Waals surface area contributed by atoms with Crippen molar-refractivity contribution in [3.05, 3.63) is 64.7 Å². The van der Waals surface area contributed by atoms with Gasteiger partial charge in [-0.05, 0) is 48.7 Å². The van der Waals surface area contributed by atoms with E-state index in [9.17, 15) is 9.90 Å². The molecule has 0 atom stereocenters. The summed E-state index contributed by atoms with van der Waals surface area (Å²) < 4.78 is 0. The number of aromatic hydroxyl groups is 1. The fourth-order valence-corrected chi connectivity index (χ4v) is 2.10. The van der Waals surface area contributed by atoms with Gasteiger partial charge in [-0.3, -0.25) is 4.79 Å².